The molecule has 0 fully saturated rings. The fraction of sp³-hybridized carbons (Fsp3) is 0.250. The number of halogens is 1. The van der Waals surface area contributed by atoms with Crippen molar-refractivity contribution in [3.63, 3.8) is 0 Å². The van der Waals surface area contributed by atoms with Crippen molar-refractivity contribution in [2.24, 2.45) is 0 Å². The number of carbonyl (C=O) groups excluding carboxylic acids is 1. The van der Waals surface area contributed by atoms with Gasteiger partial charge in [0.2, 0.25) is 5.88 Å². The van der Waals surface area contributed by atoms with Gasteiger partial charge in [0, 0.05) is 10.2 Å². The number of para-hydroxylation sites is 1. The largest absolute Gasteiger partial charge is 0.467 e. The van der Waals surface area contributed by atoms with Crippen molar-refractivity contribution < 1.29 is 9.53 Å². The van der Waals surface area contributed by atoms with Crippen LogP contribution in [0.2, 0.25) is 0 Å². The molecule has 0 unspecified atom stereocenters. The zero-order chi connectivity index (χ0) is 18.5. The summed E-state index contributed by atoms with van der Waals surface area (Å²) < 4.78 is 6.55. The van der Waals surface area contributed by atoms with Crippen LogP contribution in [0, 0.1) is 0 Å². The van der Waals surface area contributed by atoms with Gasteiger partial charge in [-0.2, -0.15) is 0 Å². The Morgan fingerprint density at radius 3 is 2.85 bits per heavy atom. The van der Waals surface area contributed by atoms with Gasteiger partial charge in [-0.05, 0) is 42.2 Å². The predicted molar refractivity (Wildman–Crippen MR) is 107 cm³/mol. The van der Waals surface area contributed by atoms with Crippen molar-refractivity contribution >= 4 is 38.4 Å². The SMILES string of the molecule is CC[C@@H](C)c1ccccc1NC(=O)COc1ncnc2ccc(Br)cc12. The summed E-state index contributed by atoms with van der Waals surface area (Å²) in [6, 6.07) is 13.5. The molecule has 1 amide bonds. The van der Waals surface area contributed by atoms with Crippen molar-refractivity contribution in [2.45, 2.75) is 26.2 Å². The fourth-order valence-electron chi connectivity index (χ4n) is 2.70. The molecule has 5 nitrogen and oxygen atoms in total. The zero-order valence-electron chi connectivity index (χ0n) is 14.7. The molecule has 0 spiro atoms. The van der Waals surface area contributed by atoms with Crippen LogP contribution in [0.3, 0.4) is 0 Å². The smallest absolute Gasteiger partial charge is 0.262 e. The maximum Gasteiger partial charge on any atom is 0.262 e. The van der Waals surface area contributed by atoms with Crippen LogP contribution in [-0.2, 0) is 4.79 Å². The molecule has 0 aliphatic rings. The highest BCUT2D eigenvalue weighted by Gasteiger charge is 2.12. The highest BCUT2D eigenvalue weighted by atomic mass is 79.9. The van der Waals surface area contributed by atoms with Crippen LogP contribution in [0.4, 0.5) is 5.69 Å². The Labute approximate surface area is 160 Å². The minimum atomic E-state index is -0.220. The second-order valence-electron chi connectivity index (χ2n) is 6.07. The van der Waals surface area contributed by atoms with Crippen molar-refractivity contribution in [2.75, 3.05) is 11.9 Å². The predicted octanol–water partition coefficient (Wildman–Crippen LogP) is 4.92. The van der Waals surface area contributed by atoms with Gasteiger partial charge in [0.25, 0.3) is 5.91 Å². The molecule has 3 rings (SSSR count). The summed E-state index contributed by atoms with van der Waals surface area (Å²) in [7, 11) is 0. The van der Waals surface area contributed by atoms with Gasteiger partial charge in [-0.25, -0.2) is 9.97 Å². The molecule has 0 bridgehead atoms. The van der Waals surface area contributed by atoms with Gasteiger partial charge in [0.1, 0.15) is 6.33 Å². The average molecular weight is 414 g/mol. The van der Waals surface area contributed by atoms with Crippen LogP contribution in [0.25, 0.3) is 10.9 Å². The lowest BCUT2D eigenvalue weighted by molar-refractivity contribution is -0.118. The van der Waals surface area contributed by atoms with Crippen molar-refractivity contribution in [1.29, 1.82) is 0 Å². The molecule has 0 saturated carbocycles. The first-order valence-electron chi connectivity index (χ1n) is 8.50. The summed E-state index contributed by atoms with van der Waals surface area (Å²) in [5.74, 6) is 0.541. The van der Waals surface area contributed by atoms with E-state index in [1.54, 1.807) is 0 Å². The molecule has 0 radical (unpaired) electrons. The van der Waals surface area contributed by atoms with Gasteiger partial charge in [0.15, 0.2) is 6.61 Å². The lowest BCUT2D eigenvalue weighted by atomic mass is 9.97. The number of hydrogen-bond acceptors (Lipinski definition) is 4. The fourth-order valence-corrected chi connectivity index (χ4v) is 3.06. The summed E-state index contributed by atoms with van der Waals surface area (Å²) in [6.45, 7) is 4.16. The number of anilines is 1. The van der Waals surface area contributed by atoms with Crippen LogP contribution >= 0.6 is 15.9 Å². The molecule has 1 aromatic heterocycles. The standard InChI is InChI=1S/C20H20BrN3O2/c1-3-13(2)15-6-4-5-7-18(15)24-19(25)11-26-20-16-10-14(21)8-9-17(16)22-12-23-20/h4-10,12-13H,3,11H2,1-2H3,(H,24,25)/t13-/m1/s1. The van der Waals surface area contributed by atoms with Crippen molar-refractivity contribution in [1.82, 2.24) is 9.97 Å². The Kier molecular flexibility index (Phi) is 5.83. The monoisotopic (exact) mass is 413 g/mol. The van der Waals surface area contributed by atoms with Crippen molar-refractivity contribution in [3.8, 4) is 5.88 Å². The number of amides is 1. The number of rotatable bonds is 6. The highest BCUT2D eigenvalue weighted by Crippen LogP contribution is 2.27. The summed E-state index contributed by atoms with van der Waals surface area (Å²) in [6.07, 6.45) is 2.44. The van der Waals surface area contributed by atoms with E-state index in [1.165, 1.54) is 6.33 Å². The normalized spacial score (nSPS) is 12.0. The van der Waals surface area contributed by atoms with E-state index in [0.29, 0.717) is 11.8 Å². The zero-order valence-corrected chi connectivity index (χ0v) is 16.3. The van der Waals surface area contributed by atoms with Crippen LogP contribution in [0.1, 0.15) is 31.7 Å². The molecule has 0 aliphatic heterocycles. The maximum absolute atomic E-state index is 12.4. The number of fused-ring (bicyclic) bond motifs is 1. The summed E-state index contributed by atoms with van der Waals surface area (Å²) >= 11 is 3.43. The third-order valence-electron chi connectivity index (χ3n) is 4.28. The van der Waals surface area contributed by atoms with E-state index in [2.05, 4.69) is 45.1 Å². The molecule has 6 heteroatoms. The number of ether oxygens (including phenoxy) is 1. The third kappa shape index (κ3) is 4.19. The maximum atomic E-state index is 12.4. The minimum absolute atomic E-state index is 0.118. The number of benzene rings is 2. The van der Waals surface area contributed by atoms with Crippen LogP contribution in [-0.4, -0.2) is 22.5 Å². The van der Waals surface area contributed by atoms with Gasteiger partial charge >= 0.3 is 0 Å². The van der Waals surface area contributed by atoms with E-state index in [1.807, 2.05) is 42.5 Å². The first-order chi connectivity index (χ1) is 12.6. The van der Waals surface area contributed by atoms with Gasteiger partial charge < -0.3 is 10.1 Å². The first kappa shape index (κ1) is 18.3. The van der Waals surface area contributed by atoms with Gasteiger partial charge in [0.05, 0.1) is 10.9 Å². The Balaban J connectivity index is 1.72. The summed E-state index contributed by atoms with van der Waals surface area (Å²) in [5.41, 5.74) is 2.71. The molecule has 2 aromatic carbocycles. The number of nitrogens with zero attached hydrogens (tertiary/aromatic N) is 2. The minimum Gasteiger partial charge on any atom is -0.467 e. The Bertz CT molecular complexity index is 930. The molecule has 0 saturated heterocycles. The third-order valence-corrected chi connectivity index (χ3v) is 4.77. The van der Waals surface area contributed by atoms with E-state index in [4.69, 9.17) is 4.74 Å². The first-order valence-corrected chi connectivity index (χ1v) is 9.29. The Morgan fingerprint density at radius 1 is 1.23 bits per heavy atom. The molecule has 0 aliphatic carbocycles. The molecular weight excluding hydrogens is 394 g/mol. The number of nitrogens with one attached hydrogen (secondary N) is 1. The van der Waals surface area contributed by atoms with Gasteiger partial charge in [-0.1, -0.05) is 48.0 Å². The van der Waals surface area contributed by atoms with E-state index >= 15 is 0 Å². The van der Waals surface area contributed by atoms with Crippen LogP contribution in [0.5, 0.6) is 5.88 Å². The van der Waals surface area contributed by atoms with E-state index in [9.17, 15) is 4.79 Å². The van der Waals surface area contributed by atoms with Crippen LogP contribution in [0.15, 0.2) is 53.3 Å². The second-order valence-corrected chi connectivity index (χ2v) is 6.99. The molecular formula is C20H20BrN3O2. The highest BCUT2D eigenvalue weighted by molar-refractivity contribution is 9.10. The average Bonchev–Trinajstić information content (AvgIpc) is 2.66. The number of carbonyl (C=O) groups is 1. The Hall–Kier alpha value is -2.47. The molecule has 134 valence electrons. The number of aromatic nitrogens is 2. The lowest BCUT2D eigenvalue weighted by Gasteiger charge is -2.15. The van der Waals surface area contributed by atoms with E-state index < -0.39 is 0 Å². The molecule has 26 heavy (non-hydrogen) atoms. The number of hydrogen-bond donors (Lipinski definition) is 1. The topological polar surface area (TPSA) is 64.1 Å². The molecule has 1 N–H and O–H groups in total. The second kappa shape index (κ2) is 8.27. The molecule has 1 heterocycles. The van der Waals surface area contributed by atoms with Crippen LogP contribution < -0.4 is 10.1 Å². The quantitative estimate of drug-likeness (QED) is 0.622. The van der Waals surface area contributed by atoms with Gasteiger partial charge in [-0.15, -0.1) is 0 Å². The van der Waals surface area contributed by atoms with Gasteiger partial charge in [-0.3, -0.25) is 4.79 Å². The van der Waals surface area contributed by atoms with Crippen molar-refractivity contribution in [3.05, 3.63) is 58.8 Å². The Morgan fingerprint density at radius 2 is 2.04 bits per heavy atom. The summed E-state index contributed by atoms with van der Waals surface area (Å²) in [5, 5.41) is 3.70. The summed E-state index contributed by atoms with van der Waals surface area (Å²) in [4.78, 5) is 20.7. The van der Waals surface area contributed by atoms with E-state index in [-0.39, 0.29) is 12.5 Å². The molecule has 1 atom stereocenters. The van der Waals surface area contributed by atoms with E-state index in [0.717, 1.165) is 33.0 Å². The molecule has 3 aromatic rings. The lowest BCUT2D eigenvalue weighted by Crippen LogP contribution is -2.21.